The standard InChI is InChI=1S/C12H6F4O2/c13-6-2-1-3-10(17)5(12-11(3)18-12)4(2)7(14)9(16)8(6)15/h3,5,11-12H,1H2/t3-,5+,11+,12-/m0/s1. The van der Waals surface area contributed by atoms with Crippen LogP contribution in [0.25, 0.3) is 0 Å². The molecule has 1 aliphatic heterocycles. The highest BCUT2D eigenvalue weighted by Crippen LogP contribution is 2.55. The number of epoxide rings is 1. The largest absolute Gasteiger partial charge is 0.368 e. The molecule has 2 bridgehead atoms. The van der Waals surface area contributed by atoms with Crippen LogP contribution in [0, 0.1) is 29.2 Å². The number of ketones is 1. The molecule has 4 rings (SSSR count). The fourth-order valence-electron chi connectivity index (χ4n) is 3.24. The van der Waals surface area contributed by atoms with Gasteiger partial charge in [0.05, 0.1) is 24.0 Å². The van der Waals surface area contributed by atoms with Crippen LogP contribution in [0.5, 0.6) is 0 Å². The number of benzene rings is 1. The molecule has 2 aliphatic carbocycles. The Morgan fingerprint density at radius 3 is 2.33 bits per heavy atom. The van der Waals surface area contributed by atoms with Crippen LogP contribution >= 0.6 is 0 Å². The Balaban J connectivity index is 2.04. The molecule has 0 unspecified atom stereocenters. The topological polar surface area (TPSA) is 29.6 Å². The van der Waals surface area contributed by atoms with E-state index in [1.54, 1.807) is 0 Å². The quantitative estimate of drug-likeness (QED) is 0.307. The van der Waals surface area contributed by atoms with Crippen LogP contribution in [0.1, 0.15) is 17.0 Å². The van der Waals surface area contributed by atoms with Gasteiger partial charge >= 0.3 is 0 Å². The van der Waals surface area contributed by atoms with Gasteiger partial charge in [-0.25, -0.2) is 17.6 Å². The Morgan fingerprint density at radius 1 is 0.944 bits per heavy atom. The molecule has 0 radical (unpaired) electrons. The predicted octanol–water partition coefficient (Wildman–Crippen LogP) is 1.85. The lowest BCUT2D eigenvalue weighted by Gasteiger charge is -2.25. The third kappa shape index (κ3) is 0.971. The summed E-state index contributed by atoms with van der Waals surface area (Å²) in [5.41, 5.74) is -0.561. The molecule has 4 atom stereocenters. The van der Waals surface area contributed by atoms with Crippen molar-refractivity contribution in [2.45, 2.75) is 24.5 Å². The molecule has 94 valence electrons. The molecule has 3 aliphatic rings. The van der Waals surface area contributed by atoms with Crippen LogP contribution in [-0.4, -0.2) is 18.0 Å². The van der Waals surface area contributed by atoms with Crippen molar-refractivity contribution in [1.29, 1.82) is 0 Å². The maximum absolute atomic E-state index is 13.8. The second kappa shape index (κ2) is 2.93. The summed E-state index contributed by atoms with van der Waals surface area (Å²) < 4.78 is 59.0. The first-order valence-electron chi connectivity index (χ1n) is 5.56. The minimum Gasteiger partial charge on any atom is -0.368 e. The smallest absolute Gasteiger partial charge is 0.197 e. The molecule has 6 heteroatoms. The number of ether oxygens (including phenoxy) is 1. The van der Waals surface area contributed by atoms with Gasteiger partial charge < -0.3 is 4.74 Å². The third-order valence-corrected chi connectivity index (χ3v) is 4.10. The highest BCUT2D eigenvalue weighted by atomic mass is 19.2. The molecular formula is C12H6F4O2. The number of rotatable bonds is 0. The first kappa shape index (κ1) is 10.5. The average Bonchev–Trinajstić information content (AvgIpc) is 3.08. The first-order valence-corrected chi connectivity index (χ1v) is 5.56. The van der Waals surface area contributed by atoms with E-state index in [1.165, 1.54) is 0 Å². The number of carbonyl (C=O) groups excluding carboxylic acids is 1. The molecule has 1 aromatic carbocycles. The van der Waals surface area contributed by atoms with E-state index in [2.05, 4.69) is 0 Å². The molecule has 1 saturated heterocycles. The highest BCUT2D eigenvalue weighted by Gasteiger charge is 2.65. The van der Waals surface area contributed by atoms with Gasteiger partial charge in [0.1, 0.15) is 5.78 Å². The summed E-state index contributed by atoms with van der Waals surface area (Å²) in [4.78, 5) is 11.9. The molecule has 2 nitrogen and oxygen atoms in total. The van der Waals surface area contributed by atoms with E-state index in [0.717, 1.165) is 0 Å². The van der Waals surface area contributed by atoms with Gasteiger partial charge in [-0.15, -0.1) is 0 Å². The van der Waals surface area contributed by atoms with E-state index in [9.17, 15) is 22.4 Å². The van der Waals surface area contributed by atoms with Crippen LogP contribution < -0.4 is 0 Å². The number of carbonyl (C=O) groups is 1. The van der Waals surface area contributed by atoms with Crippen molar-refractivity contribution in [1.82, 2.24) is 0 Å². The van der Waals surface area contributed by atoms with E-state index in [1.807, 2.05) is 0 Å². The van der Waals surface area contributed by atoms with Gasteiger partial charge in [0.2, 0.25) is 0 Å². The molecule has 1 heterocycles. The van der Waals surface area contributed by atoms with Crippen LogP contribution in [0.4, 0.5) is 17.6 Å². The summed E-state index contributed by atoms with van der Waals surface area (Å²) in [6.07, 6.45) is -0.964. The summed E-state index contributed by atoms with van der Waals surface area (Å²) in [5, 5.41) is 0. The van der Waals surface area contributed by atoms with Crippen LogP contribution in [0.15, 0.2) is 0 Å². The Kier molecular flexibility index (Phi) is 1.71. The van der Waals surface area contributed by atoms with Crippen molar-refractivity contribution >= 4 is 5.78 Å². The van der Waals surface area contributed by atoms with Crippen LogP contribution in [-0.2, 0) is 16.0 Å². The second-order valence-electron chi connectivity index (χ2n) is 4.90. The SMILES string of the molecule is O=C1[C@@H]2Cc3c(F)c(F)c(F)c(F)c3[C@H]1[C@@H]1O[C@@H]12. The van der Waals surface area contributed by atoms with Crippen molar-refractivity contribution in [3.05, 3.63) is 34.4 Å². The molecule has 0 amide bonds. The Morgan fingerprint density at radius 2 is 1.61 bits per heavy atom. The van der Waals surface area contributed by atoms with Gasteiger partial charge in [-0.3, -0.25) is 4.79 Å². The Bertz CT molecular complexity index is 613. The van der Waals surface area contributed by atoms with Gasteiger partial charge in [-0.1, -0.05) is 0 Å². The number of fused-ring (bicyclic) bond motifs is 7. The van der Waals surface area contributed by atoms with Crippen molar-refractivity contribution in [3.63, 3.8) is 0 Å². The molecule has 1 saturated carbocycles. The predicted molar refractivity (Wildman–Crippen MR) is 49.9 cm³/mol. The van der Waals surface area contributed by atoms with E-state index >= 15 is 0 Å². The Hall–Kier alpha value is -1.43. The van der Waals surface area contributed by atoms with Gasteiger partial charge in [0.25, 0.3) is 0 Å². The fourth-order valence-corrected chi connectivity index (χ4v) is 3.24. The lowest BCUT2D eigenvalue weighted by Crippen LogP contribution is -2.31. The van der Waals surface area contributed by atoms with Crippen molar-refractivity contribution in [3.8, 4) is 0 Å². The minimum absolute atomic E-state index is 0.119. The molecule has 18 heavy (non-hydrogen) atoms. The molecule has 0 spiro atoms. The zero-order valence-corrected chi connectivity index (χ0v) is 8.84. The number of hydrogen-bond acceptors (Lipinski definition) is 2. The monoisotopic (exact) mass is 258 g/mol. The average molecular weight is 258 g/mol. The molecule has 2 fully saturated rings. The van der Waals surface area contributed by atoms with Crippen LogP contribution in [0.3, 0.4) is 0 Å². The first-order chi connectivity index (χ1) is 8.52. The van der Waals surface area contributed by atoms with Gasteiger partial charge in [-0.05, 0) is 12.0 Å². The second-order valence-corrected chi connectivity index (χ2v) is 4.90. The maximum Gasteiger partial charge on any atom is 0.197 e. The van der Waals surface area contributed by atoms with Crippen molar-refractivity contribution in [2.75, 3.05) is 0 Å². The summed E-state index contributed by atoms with van der Waals surface area (Å²) in [7, 11) is 0. The summed E-state index contributed by atoms with van der Waals surface area (Å²) in [5.74, 6) is -8.30. The summed E-state index contributed by atoms with van der Waals surface area (Å²) in [6, 6.07) is 0. The lowest BCUT2D eigenvalue weighted by molar-refractivity contribution is -0.125. The van der Waals surface area contributed by atoms with E-state index < -0.39 is 41.2 Å². The normalized spacial score (nSPS) is 35.4. The minimum atomic E-state index is -1.86. The summed E-state index contributed by atoms with van der Waals surface area (Å²) >= 11 is 0. The van der Waals surface area contributed by atoms with Crippen molar-refractivity contribution in [2.24, 2.45) is 5.92 Å². The van der Waals surface area contributed by atoms with E-state index in [-0.39, 0.29) is 29.4 Å². The van der Waals surface area contributed by atoms with E-state index in [4.69, 9.17) is 4.74 Å². The Labute approximate surface area is 98.5 Å². The fraction of sp³-hybridized carbons (Fsp3) is 0.417. The van der Waals surface area contributed by atoms with Crippen LogP contribution in [0.2, 0.25) is 0 Å². The van der Waals surface area contributed by atoms with Gasteiger partial charge in [0.15, 0.2) is 23.3 Å². The summed E-state index contributed by atoms with van der Waals surface area (Å²) in [6.45, 7) is 0. The zero-order valence-electron chi connectivity index (χ0n) is 8.84. The molecule has 0 aromatic heterocycles. The lowest BCUT2D eigenvalue weighted by atomic mass is 9.80. The van der Waals surface area contributed by atoms with Gasteiger partial charge in [-0.2, -0.15) is 0 Å². The highest BCUT2D eigenvalue weighted by molar-refractivity contribution is 5.95. The number of halogens is 4. The molecule has 1 aromatic rings. The van der Waals surface area contributed by atoms with E-state index in [0.29, 0.717) is 0 Å². The maximum atomic E-state index is 13.8. The molecular weight excluding hydrogens is 252 g/mol. The number of Topliss-reactive ketones (excluding diaryl/α,β-unsaturated/α-hetero) is 1. The third-order valence-electron chi connectivity index (χ3n) is 4.10. The molecule has 0 N–H and O–H groups in total. The zero-order chi connectivity index (χ0) is 12.8. The van der Waals surface area contributed by atoms with Crippen molar-refractivity contribution < 1.29 is 27.1 Å². The van der Waals surface area contributed by atoms with Gasteiger partial charge in [0, 0.05) is 5.56 Å². The number of hydrogen-bond donors (Lipinski definition) is 0.